The van der Waals surface area contributed by atoms with Crippen LogP contribution in [0.2, 0.25) is 0 Å². The van der Waals surface area contributed by atoms with Gasteiger partial charge in [0.15, 0.2) is 0 Å². The van der Waals surface area contributed by atoms with Crippen LogP contribution in [0.1, 0.15) is 55.5 Å². The second-order valence-corrected chi connectivity index (χ2v) is 11.3. The summed E-state index contributed by atoms with van der Waals surface area (Å²) in [6.07, 6.45) is 0. The number of hydrogen-bond donors (Lipinski definition) is 0. The van der Waals surface area contributed by atoms with E-state index in [9.17, 15) is 5.26 Å². The van der Waals surface area contributed by atoms with Crippen molar-refractivity contribution in [3.05, 3.63) is 94.5 Å². The molecule has 3 aliphatic rings. The van der Waals surface area contributed by atoms with Crippen molar-refractivity contribution in [1.29, 1.82) is 5.26 Å². The van der Waals surface area contributed by atoms with Gasteiger partial charge in [0.25, 0.3) is 0 Å². The van der Waals surface area contributed by atoms with Crippen molar-refractivity contribution < 1.29 is 0 Å². The van der Waals surface area contributed by atoms with Gasteiger partial charge in [-0.15, -0.1) is 0 Å². The highest BCUT2D eigenvalue weighted by molar-refractivity contribution is 7.00. The lowest BCUT2D eigenvalue weighted by molar-refractivity contribution is 0.621. The first-order valence-corrected chi connectivity index (χ1v) is 12.2. The van der Waals surface area contributed by atoms with Crippen molar-refractivity contribution in [2.24, 2.45) is 0 Å². The van der Waals surface area contributed by atoms with Crippen LogP contribution in [0.15, 0.2) is 66.7 Å². The zero-order chi connectivity index (χ0) is 23.1. The highest BCUT2D eigenvalue weighted by Gasteiger charge is 2.51. The average molecular weight is 434 g/mol. The molecule has 5 aromatic rings. The van der Waals surface area contributed by atoms with Gasteiger partial charge in [0.1, 0.15) is 6.07 Å². The van der Waals surface area contributed by atoms with Crippen molar-refractivity contribution in [2.45, 2.75) is 38.5 Å². The Kier molecular flexibility index (Phi) is 3.00. The number of hydrogen-bond acceptors (Lipinski definition) is 1. The summed E-state index contributed by atoms with van der Waals surface area (Å²) in [5, 5.41) is 12.5. The first kappa shape index (κ1) is 18.6. The van der Waals surface area contributed by atoms with E-state index >= 15 is 0 Å². The number of para-hydroxylation sites is 1. The SMILES string of the molecule is CC1(C)c2cccc3c2B2c4c1cccc4C(C)(C)c1ccc4c5cccc(C#N)c5n-3c4c12. The molecule has 0 saturated carbocycles. The van der Waals surface area contributed by atoms with Gasteiger partial charge in [-0.2, -0.15) is 5.26 Å². The normalized spacial score (nSPS) is 17.2. The number of nitriles is 1. The number of nitrogens with zero attached hydrogens (tertiary/aromatic N) is 2. The maximum atomic E-state index is 10.1. The second-order valence-electron chi connectivity index (χ2n) is 11.3. The van der Waals surface area contributed by atoms with Crippen LogP contribution < -0.4 is 16.4 Å². The zero-order valence-corrected chi connectivity index (χ0v) is 19.8. The summed E-state index contributed by atoms with van der Waals surface area (Å²) >= 11 is 0. The number of fused-ring (bicyclic) bond motifs is 4. The molecule has 4 heterocycles. The molecule has 3 aliphatic heterocycles. The number of rotatable bonds is 0. The maximum absolute atomic E-state index is 10.1. The van der Waals surface area contributed by atoms with Gasteiger partial charge in [-0.1, -0.05) is 87.8 Å². The predicted octanol–water partition coefficient (Wildman–Crippen LogP) is 4.76. The molecule has 0 bridgehead atoms. The molecule has 0 N–H and O–H groups in total. The second kappa shape index (κ2) is 5.48. The third-order valence-corrected chi connectivity index (χ3v) is 9.10. The molecule has 0 amide bonds. The van der Waals surface area contributed by atoms with E-state index in [1.54, 1.807) is 0 Å². The Hall–Kier alpha value is -3.77. The number of benzene rings is 4. The Morgan fingerprint density at radius 1 is 0.647 bits per heavy atom. The molecule has 34 heavy (non-hydrogen) atoms. The fourth-order valence-corrected chi connectivity index (χ4v) is 7.63. The molecule has 0 spiro atoms. The lowest BCUT2D eigenvalue weighted by Gasteiger charge is -2.48. The van der Waals surface area contributed by atoms with E-state index in [4.69, 9.17) is 0 Å². The highest BCUT2D eigenvalue weighted by atomic mass is 15.0. The van der Waals surface area contributed by atoms with E-state index < -0.39 is 0 Å². The van der Waals surface area contributed by atoms with Crippen LogP contribution in [0.4, 0.5) is 0 Å². The van der Waals surface area contributed by atoms with Crippen molar-refractivity contribution in [1.82, 2.24) is 4.57 Å². The van der Waals surface area contributed by atoms with E-state index in [1.807, 2.05) is 12.1 Å². The smallest absolute Gasteiger partial charge is 0.248 e. The Balaban J connectivity index is 1.73. The third-order valence-electron chi connectivity index (χ3n) is 9.10. The minimum atomic E-state index is -0.0927. The molecule has 1 aromatic heterocycles. The lowest BCUT2D eigenvalue weighted by atomic mass is 9.26. The summed E-state index contributed by atoms with van der Waals surface area (Å²) in [5.41, 5.74) is 14.2. The summed E-state index contributed by atoms with van der Waals surface area (Å²) in [4.78, 5) is 0. The van der Waals surface area contributed by atoms with Crippen LogP contribution in [0.25, 0.3) is 27.5 Å². The van der Waals surface area contributed by atoms with E-state index in [-0.39, 0.29) is 17.5 Å². The van der Waals surface area contributed by atoms with Crippen molar-refractivity contribution in [3.63, 3.8) is 0 Å². The first-order chi connectivity index (χ1) is 16.4. The monoisotopic (exact) mass is 434 g/mol. The third kappa shape index (κ3) is 1.76. The van der Waals surface area contributed by atoms with Gasteiger partial charge >= 0.3 is 0 Å². The van der Waals surface area contributed by atoms with Crippen molar-refractivity contribution in [2.75, 3.05) is 0 Å². The van der Waals surface area contributed by atoms with Crippen LogP contribution in [-0.2, 0) is 10.8 Å². The molecule has 0 radical (unpaired) electrons. The minimum Gasteiger partial charge on any atom is -0.309 e. The van der Waals surface area contributed by atoms with Crippen LogP contribution in [-0.4, -0.2) is 11.3 Å². The maximum Gasteiger partial charge on any atom is 0.248 e. The molecular weight excluding hydrogens is 411 g/mol. The Morgan fingerprint density at radius 2 is 1.24 bits per heavy atom. The van der Waals surface area contributed by atoms with E-state index in [0.29, 0.717) is 0 Å². The molecule has 0 saturated heterocycles. The van der Waals surface area contributed by atoms with Crippen LogP contribution in [0.5, 0.6) is 0 Å². The van der Waals surface area contributed by atoms with Gasteiger partial charge < -0.3 is 4.57 Å². The molecule has 2 nitrogen and oxygen atoms in total. The fraction of sp³-hybridized carbons (Fsp3) is 0.194. The topological polar surface area (TPSA) is 28.7 Å². The molecule has 160 valence electrons. The molecule has 0 fully saturated rings. The van der Waals surface area contributed by atoms with Gasteiger partial charge in [-0.05, 0) is 45.3 Å². The Labute approximate surface area is 199 Å². The van der Waals surface area contributed by atoms with Crippen molar-refractivity contribution in [3.8, 4) is 11.8 Å². The minimum absolute atomic E-state index is 0.0901. The Morgan fingerprint density at radius 3 is 1.94 bits per heavy atom. The van der Waals surface area contributed by atoms with Gasteiger partial charge in [0, 0.05) is 32.8 Å². The fourth-order valence-electron chi connectivity index (χ4n) is 7.63. The predicted molar refractivity (Wildman–Crippen MR) is 141 cm³/mol. The molecular formula is C31H23BN2. The molecule has 3 heteroatoms. The largest absolute Gasteiger partial charge is 0.309 e. The standard InChI is InChI=1S/C31H23BN2/c1-30(2)20-10-6-11-21-25(20)32-26-22(30)12-7-13-24(26)34-28-17(16-33)8-5-9-18(28)19-14-15-23(31(21,3)4)27(32)29(19)34/h5-15H,1-4H3. The summed E-state index contributed by atoms with van der Waals surface area (Å²) in [7, 11) is 0. The van der Waals surface area contributed by atoms with E-state index in [0.717, 1.165) is 11.1 Å². The first-order valence-electron chi connectivity index (χ1n) is 12.2. The average Bonchev–Trinajstić information content (AvgIpc) is 3.18. The van der Waals surface area contributed by atoms with Crippen LogP contribution in [0.3, 0.4) is 0 Å². The van der Waals surface area contributed by atoms with E-state index in [1.165, 1.54) is 60.6 Å². The van der Waals surface area contributed by atoms with Crippen LogP contribution >= 0.6 is 0 Å². The van der Waals surface area contributed by atoms with Gasteiger partial charge in [-0.3, -0.25) is 0 Å². The van der Waals surface area contributed by atoms with Crippen LogP contribution in [0, 0.1) is 11.3 Å². The summed E-state index contributed by atoms with van der Waals surface area (Å²) in [6, 6.07) is 27.1. The molecule has 4 aromatic carbocycles. The van der Waals surface area contributed by atoms with E-state index in [2.05, 4.69) is 92.9 Å². The zero-order valence-electron chi connectivity index (χ0n) is 19.8. The molecule has 0 aliphatic carbocycles. The number of aromatic nitrogens is 1. The van der Waals surface area contributed by atoms with Gasteiger partial charge in [0.2, 0.25) is 6.71 Å². The highest BCUT2D eigenvalue weighted by Crippen LogP contribution is 2.45. The quantitative estimate of drug-likeness (QED) is 0.317. The molecule has 8 rings (SSSR count). The summed E-state index contributed by atoms with van der Waals surface area (Å²) in [6.45, 7) is 9.75. The molecule has 0 atom stereocenters. The van der Waals surface area contributed by atoms with Gasteiger partial charge in [-0.25, -0.2) is 0 Å². The summed E-state index contributed by atoms with van der Waals surface area (Å²) < 4.78 is 2.42. The molecule has 0 unspecified atom stereocenters. The Bertz CT molecular complexity index is 1810. The lowest BCUT2D eigenvalue weighted by Crippen LogP contribution is -2.68. The van der Waals surface area contributed by atoms with Crippen molar-refractivity contribution >= 4 is 44.9 Å². The summed E-state index contributed by atoms with van der Waals surface area (Å²) in [5.74, 6) is 0. The van der Waals surface area contributed by atoms with Gasteiger partial charge in [0.05, 0.1) is 11.1 Å².